The van der Waals surface area contributed by atoms with Crippen molar-refractivity contribution in [3.8, 4) is 0 Å². The number of nitrogens with one attached hydrogen (secondary N) is 2. The zero-order valence-electron chi connectivity index (χ0n) is 72.3. The van der Waals surface area contributed by atoms with Crippen LogP contribution >= 0.6 is 23.2 Å². The van der Waals surface area contributed by atoms with Gasteiger partial charge in [-0.2, -0.15) is 0 Å². The number of carbonyl (C=O) groups is 3. The van der Waals surface area contributed by atoms with Crippen LogP contribution in [0.2, 0.25) is 19.6 Å². The van der Waals surface area contributed by atoms with Crippen molar-refractivity contribution >= 4 is 49.5 Å². The fourth-order valence-electron chi connectivity index (χ4n) is 14.5. The van der Waals surface area contributed by atoms with Crippen LogP contribution in [0.15, 0.2) is 164 Å². The van der Waals surface area contributed by atoms with Crippen LogP contribution in [0, 0.1) is 59.2 Å². The largest absolute Gasteiger partial charge is 0.469 e. The van der Waals surface area contributed by atoms with Gasteiger partial charge < -0.3 is 49.7 Å². The van der Waals surface area contributed by atoms with Crippen LogP contribution in [-0.2, 0) is 61.3 Å². The fraction of sp³-hybridized carbons (Fsp3) is 0.639. The second-order valence-electron chi connectivity index (χ2n) is 31.2. The number of aliphatic hydroxyl groups is 2. The first kappa shape index (κ1) is 123. The number of esters is 2. The van der Waals surface area contributed by atoms with Crippen LogP contribution < -0.4 is 10.6 Å². The molecule has 20 heteroatoms. The third-order valence-corrected chi connectivity index (χ3v) is 22.1. The number of rotatable bonds is 28. The maximum Gasteiger partial charge on any atom is 0.330 e. The van der Waals surface area contributed by atoms with Gasteiger partial charge in [0.25, 0.3) is 0 Å². The Hall–Kier alpha value is -5.23. The lowest BCUT2D eigenvalue weighted by Crippen LogP contribution is -2.40. The third-order valence-electron chi connectivity index (χ3n) is 20.7. The number of ether oxygens (including phenoxy) is 3. The quantitative estimate of drug-likeness (QED) is 0.00932. The average molecular weight is 1700 g/mol. The Labute approximate surface area is 730 Å². The van der Waals surface area contributed by atoms with Crippen LogP contribution in [-0.4, -0.2) is 242 Å². The van der Waals surface area contributed by atoms with Crippen LogP contribution in [0.5, 0.6) is 0 Å². The second kappa shape index (κ2) is 75.7. The van der Waals surface area contributed by atoms with E-state index in [0.29, 0.717) is 30.3 Å². The lowest BCUT2D eigenvalue weighted by molar-refractivity contribution is -0.146. The molecule has 676 valence electrons. The number of methoxy groups -OCH3 is 3. The molecule has 5 aliphatic rings. The monoisotopic (exact) mass is 1690 g/mol. The molecule has 5 aromatic rings. The van der Waals surface area contributed by atoms with E-state index < -0.39 is 8.07 Å². The Balaban J connectivity index is -0.000000302. The lowest BCUT2D eigenvalue weighted by Gasteiger charge is -2.28. The van der Waals surface area contributed by atoms with Crippen molar-refractivity contribution < 1.29 is 38.8 Å². The van der Waals surface area contributed by atoms with Gasteiger partial charge in [-0.1, -0.05) is 298 Å². The average Bonchev–Trinajstić information content (AvgIpc) is 1.73. The van der Waals surface area contributed by atoms with Crippen molar-refractivity contribution in [3.05, 3.63) is 192 Å². The predicted octanol–water partition coefficient (Wildman–Crippen LogP) is 19.1. The maximum atomic E-state index is 11.6. The number of carbonyl (C=O) groups excluding carboxylic acids is 3. The highest BCUT2D eigenvalue weighted by atomic mass is 35.5. The Morgan fingerprint density at radius 1 is 0.496 bits per heavy atom. The highest BCUT2D eigenvalue weighted by molar-refractivity contribution is 6.76. The molecule has 0 aliphatic carbocycles. The summed E-state index contributed by atoms with van der Waals surface area (Å²) in [4.78, 5) is 49.7. The molecule has 5 aromatic carbocycles. The maximum absolute atomic E-state index is 11.6. The summed E-state index contributed by atoms with van der Waals surface area (Å²) in [6.07, 6.45) is 5.28. The predicted molar refractivity (Wildman–Crippen MR) is 512 cm³/mol. The van der Waals surface area contributed by atoms with Crippen molar-refractivity contribution in [3.63, 3.8) is 0 Å². The molecule has 5 aliphatic heterocycles. The molecule has 5 heterocycles. The van der Waals surface area contributed by atoms with Gasteiger partial charge in [0.15, 0.2) is 0 Å². The summed E-state index contributed by atoms with van der Waals surface area (Å²) >= 11 is 9.53. The zero-order valence-corrected chi connectivity index (χ0v) is 74.8. The number of hydrogen-bond donors (Lipinski definition) is 4. The minimum absolute atomic E-state index is 0. The minimum atomic E-state index is -1.07. The van der Waals surface area contributed by atoms with Crippen molar-refractivity contribution in [1.82, 2.24) is 44.9 Å². The first-order chi connectivity index (χ1) is 53.4. The van der Waals surface area contributed by atoms with E-state index in [0.717, 1.165) is 129 Å². The molecule has 10 unspecified atom stereocenters. The van der Waals surface area contributed by atoms with Crippen molar-refractivity contribution in [2.45, 2.75) is 180 Å². The second-order valence-corrected chi connectivity index (χ2v) is 37.4. The van der Waals surface area contributed by atoms with Gasteiger partial charge in [0.05, 0.1) is 40.3 Å². The Bertz CT molecular complexity index is 3040. The molecule has 10 atom stereocenters. The molecule has 0 saturated carbocycles. The molecule has 10 rings (SSSR count). The van der Waals surface area contributed by atoms with Gasteiger partial charge >= 0.3 is 11.9 Å². The smallest absolute Gasteiger partial charge is 0.330 e. The minimum Gasteiger partial charge on any atom is -0.469 e. The number of nitrogens with zero attached hydrogens (tertiary/aromatic N) is 7. The van der Waals surface area contributed by atoms with E-state index in [-0.39, 0.29) is 73.7 Å². The summed E-state index contributed by atoms with van der Waals surface area (Å²) in [5.41, 5.74) is 6.79. The van der Waals surface area contributed by atoms with Gasteiger partial charge in [-0.25, -0.2) is 4.79 Å². The Morgan fingerprint density at radius 2 is 0.855 bits per heavy atom. The van der Waals surface area contributed by atoms with Gasteiger partial charge in [-0.15, -0.1) is 23.2 Å². The van der Waals surface area contributed by atoms with E-state index in [1.807, 2.05) is 30.3 Å². The first-order valence-corrected chi connectivity index (χ1v) is 45.8. The van der Waals surface area contributed by atoms with Gasteiger partial charge in [0.2, 0.25) is 0 Å². The van der Waals surface area contributed by atoms with Gasteiger partial charge in [-0.05, 0) is 141 Å². The molecule has 0 spiro atoms. The molecule has 5 saturated heterocycles. The molecule has 0 bridgehead atoms. The highest BCUT2D eigenvalue weighted by Crippen LogP contribution is 2.28. The molecule has 5 fully saturated rings. The number of aliphatic hydroxyl groups excluding tert-OH is 2. The summed E-state index contributed by atoms with van der Waals surface area (Å²) in [6.45, 7) is 59.8. The number of likely N-dealkylation sites (tertiary alicyclic amines) is 4. The van der Waals surface area contributed by atoms with E-state index in [9.17, 15) is 19.5 Å². The summed E-state index contributed by atoms with van der Waals surface area (Å²) in [5, 5.41) is 22.9. The first-order valence-electron chi connectivity index (χ1n) is 41.0. The van der Waals surface area contributed by atoms with Crippen LogP contribution in [0.1, 0.15) is 155 Å². The molecule has 4 N–H and O–H groups in total. The summed E-state index contributed by atoms with van der Waals surface area (Å²) in [7, 11) is 4.52. The van der Waals surface area contributed by atoms with E-state index >= 15 is 0 Å². The Kier molecular flexibility index (Phi) is 79.3. The summed E-state index contributed by atoms with van der Waals surface area (Å²) in [5.74, 6) is 5.27. The molecular weight excluding hydrogens is 1520 g/mol. The molecule has 0 amide bonds. The zero-order chi connectivity index (χ0) is 82.8. The number of alkyl halides is 2. The number of aldehydes is 1. The van der Waals surface area contributed by atoms with Gasteiger partial charge in [0, 0.05) is 131 Å². The molecule has 0 aromatic heterocycles. The molecule has 0 radical (unpaired) electrons. The number of benzene rings is 5. The van der Waals surface area contributed by atoms with Crippen molar-refractivity contribution in [2.24, 2.45) is 59.2 Å². The molecular formula is C97H177Cl2N9O8Si. The van der Waals surface area contributed by atoms with Crippen molar-refractivity contribution in [1.29, 1.82) is 0 Å². The number of hydrogen-bond acceptors (Lipinski definition) is 17. The SMILES string of the molecule is C.C.C.C.C.C.C/C=C/C(=O)OC.CC1CN(Cc2ccccc2)CC1C=O.CC1CN(Cc2ccccc2)CC1CO.CCN(CC)CC1CN(Cc2ccccc2)CC1C.CCN(CC)CC1CNCC1C.CCNCC.CO.COC(=O)C1CN(Cc2ccccc2)CC1C.COCN(Cc1ccccc1)C[Si](C)(C)C.ClCCl. The van der Waals surface area contributed by atoms with Gasteiger partial charge in [0.1, 0.15) is 6.29 Å². The molecule has 17 nitrogen and oxygen atoms in total. The van der Waals surface area contributed by atoms with E-state index in [4.69, 9.17) is 37.8 Å². The normalized spacial score (nSPS) is 20.3. The van der Waals surface area contributed by atoms with Crippen molar-refractivity contribution in [2.75, 3.05) is 171 Å². The van der Waals surface area contributed by atoms with Crippen LogP contribution in [0.4, 0.5) is 0 Å². The fourth-order valence-corrected chi connectivity index (χ4v) is 16.0. The number of halogens is 2. The lowest BCUT2D eigenvalue weighted by atomic mass is 9.98. The van der Waals surface area contributed by atoms with E-state index in [2.05, 4.69) is 267 Å². The Morgan fingerprint density at radius 3 is 1.15 bits per heavy atom. The van der Waals surface area contributed by atoms with E-state index in [1.54, 1.807) is 20.1 Å². The molecule has 117 heavy (non-hydrogen) atoms. The number of allylic oxidation sites excluding steroid dienone is 1. The highest BCUT2D eigenvalue weighted by Gasteiger charge is 2.36. The summed E-state index contributed by atoms with van der Waals surface area (Å²) < 4.78 is 14.4. The van der Waals surface area contributed by atoms with E-state index in [1.165, 1.54) is 120 Å². The third kappa shape index (κ3) is 55.4. The standard InChI is InChI=1S/C17H28N2.C14H19NO2.C13H23NOSi.C13H19NO.C13H17NO.C10H22N2.C5H8O2.C4H11N.CH2Cl2.CH4O.6CH4/c1-4-18(5-2)13-17-14-19(11-15(17)3)12-16-9-7-6-8-10-16;1-11-8-15(10-13(11)14(16)17-2)9-12-6-4-3-5-7-12;1-15-11-14(12-16(2,3)4)10-13-8-6-5-7-9-13;2*1-11-7-14(9-13(11)10-15)8-12-5-3-2-4-6-12;1-4-12(5-2)8-10-7-11-6-9(10)3;1-3-4-5(6)7-2;1-3-5-4-2;2-1-3;1-2;;;;;;/h6-10,15,17H,4-5,11-14H2,1-3H3;3-7,11,13H,8-10H2,1-2H3;5-9H,10-12H2,1-4H3;2-6,11,13,15H,7-10H2,1H3;2-6,10-11,13H,7-9H2,1H3;9-11H,4-8H2,1-3H3;3-4H,1-2H3;5H,3-4H2,1-2H3;1H2;2H,1H3;6*1H4/b;;;;;;4-3+;;;;;;;;;. The van der Waals surface area contributed by atoms with Crippen LogP contribution in [0.25, 0.3) is 0 Å². The van der Waals surface area contributed by atoms with Gasteiger partial charge in [-0.3, -0.25) is 29.3 Å². The summed E-state index contributed by atoms with van der Waals surface area (Å²) in [6, 6.07) is 52.8. The van der Waals surface area contributed by atoms with Crippen LogP contribution in [0.3, 0.4) is 0 Å². The topological polar surface area (TPSA) is 166 Å².